The Kier molecular flexibility index (Phi) is 4.41. The van der Waals surface area contributed by atoms with Crippen molar-refractivity contribution in [2.75, 3.05) is 5.32 Å². The molecule has 0 atom stereocenters. The lowest BCUT2D eigenvalue weighted by Gasteiger charge is -2.04. The largest absolute Gasteiger partial charge is 0.298 e. The first-order valence-corrected chi connectivity index (χ1v) is 9.31. The van der Waals surface area contributed by atoms with E-state index in [1.54, 1.807) is 19.1 Å². The molecule has 2 heterocycles. The minimum absolute atomic E-state index is 0.161. The number of rotatable bonds is 3. The monoisotopic (exact) mass is 400 g/mol. The number of hydrogen-bond acceptors (Lipinski definition) is 4. The van der Waals surface area contributed by atoms with E-state index in [-0.39, 0.29) is 22.4 Å². The molecule has 0 bridgehead atoms. The number of carbonyl (C=O) groups is 1. The molecule has 0 aliphatic heterocycles. The molecule has 0 aliphatic carbocycles. The average Bonchev–Trinajstić information content (AvgIpc) is 3.14. The quantitative estimate of drug-likeness (QED) is 0.517. The van der Waals surface area contributed by atoms with E-state index in [2.05, 4.69) is 15.4 Å². The summed E-state index contributed by atoms with van der Waals surface area (Å²) in [6.45, 7) is 3.70. The summed E-state index contributed by atoms with van der Waals surface area (Å²) in [5.74, 6) is -0.746. The van der Waals surface area contributed by atoms with Gasteiger partial charge in [0.15, 0.2) is 5.13 Å². The maximum absolute atomic E-state index is 13.1. The van der Waals surface area contributed by atoms with Gasteiger partial charge in [0.05, 0.1) is 21.6 Å². The van der Waals surface area contributed by atoms with Gasteiger partial charge in [0, 0.05) is 0 Å². The number of thiazole rings is 1. The van der Waals surface area contributed by atoms with Crippen molar-refractivity contribution >= 4 is 44.2 Å². The Balaban J connectivity index is 1.66. The molecule has 136 valence electrons. The van der Waals surface area contributed by atoms with Gasteiger partial charge < -0.3 is 0 Å². The van der Waals surface area contributed by atoms with Gasteiger partial charge in [-0.25, -0.2) is 14.1 Å². The fourth-order valence-electron chi connectivity index (χ4n) is 2.76. The van der Waals surface area contributed by atoms with E-state index in [4.69, 9.17) is 11.6 Å². The van der Waals surface area contributed by atoms with Crippen LogP contribution < -0.4 is 5.32 Å². The van der Waals surface area contributed by atoms with Gasteiger partial charge in [-0.3, -0.25) is 10.1 Å². The second-order valence-corrected chi connectivity index (χ2v) is 7.47. The first-order chi connectivity index (χ1) is 12.9. The van der Waals surface area contributed by atoms with E-state index in [0.717, 1.165) is 15.8 Å². The summed E-state index contributed by atoms with van der Waals surface area (Å²) < 4.78 is 15.5. The van der Waals surface area contributed by atoms with Gasteiger partial charge >= 0.3 is 0 Å². The first-order valence-electron chi connectivity index (χ1n) is 8.12. The van der Waals surface area contributed by atoms with Crippen LogP contribution in [0.4, 0.5) is 9.52 Å². The third-order valence-corrected chi connectivity index (χ3v) is 5.35. The zero-order valence-corrected chi connectivity index (χ0v) is 16.0. The lowest BCUT2D eigenvalue weighted by molar-refractivity contribution is 0.102. The van der Waals surface area contributed by atoms with Crippen molar-refractivity contribution in [2.24, 2.45) is 0 Å². The number of anilines is 1. The molecule has 4 rings (SSSR count). The highest BCUT2D eigenvalue weighted by atomic mass is 35.5. The fourth-order valence-corrected chi connectivity index (χ4v) is 4.07. The molecule has 0 aliphatic rings. The number of carbonyl (C=O) groups excluding carboxylic acids is 1. The molecule has 8 heteroatoms. The molecular formula is C19H14ClFN4OS. The molecule has 2 aromatic carbocycles. The minimum Gasteiger partial charge on any atom is -0.298 e. The lowest BCUT2D eigenvalue weighted by Crippen LogP contribution is -2.12. The first kappa shape index (κ1) is 17.6. The van der Waals surface area contributed by atoms with Gasteiger partial charge in [-0.1, -0.05) is 29.0 Å². The van der Waals surface area contributed by atoms with Crippen LogP contribution in [0.25, 0.3) is 15.9 Å². The molecule has 5 nitrogen and oxygen atoms in total. The molecule has 0 saturated heterocycles. The normalized spacial score (nSPS) is 11.1. The molecule has 27 heavy (non-hydrogen) atoms. The van der Waals surface area contributed by atoms with E-state index < -0.39 is 0 Å². The molecule has 1 N–H and O–H groups in total. The van der Waals surface area contributed by atoms with Crippen LogP contribution in [0.3, 0.4) is 0 Å². The Morgan fingerprint density at radius 3 is 2.67 bits per heavy atom. The average molecular weight is 401 g/mol. The predicted octanol–water partition coefficient (Wildman–Crippen LogP) is 5.14. The number of benzene rings is 2. The number of nitrogens with zero attached hydrogens (tertiary/aromatic N) is 3. The van der Waals surface area contributed by atoms with Gasteiger partial charge in [-0.15, -0.1) is 0 Å². The minimum atomic E-state index is -0.387. The summed E-state index contributed by atoms with van der Waals surface area (Å²) >= 11 is 7.79. The number of nitrogens with one attached hydrogen (secondary N) is 1. The summed E-state index contributed by atoms with van der Waals surface area (Å²) in [7, 11) is 0. The highest BCUT2D eigenvalue weighted by Gasteiger charge is 2.22. The summed E-state index contributed by atoms with van der Waals surface area (Å²) in [6, 6.07) is 11.6. The van der Waals surface area contributed by atoms with Crippen molar-refractivity contribution in [2.45, 2.75) is 13.8 Å². The Bertz CT molecular complexity index is 1170. The number of fused-ring (bicyclic) bond motifs is 1. The zero-order chi connectivity index (χ0) is 19.1. The smallest absolute Gasteiger partial charge is 0.262 e. The van der Waals surface area contributed by atoms with Crippen molar-refractivity contribution in [3.8, 4) is 5.69 Å². The Morgan fingerprint density at radius 1 is 1.19 bits per heavy atom. The van der Waals surface area contributed by atoms with Crippen LogP contribution in [-0.2, 0) is 0 Å². The van der Waals surface area contributed by atoms with Crippen LogP contribution in [0, 0.1) is 19.7 Å². The lowest BCUT2D eigenvalue weighted by atomic mass is 10.2. The Labute approximate surface area is 163 Å². The van der Waals surface area contributed by atoms with E-state index in [1.807, 2.05) is 25.1 Å². The van der Waals surface area contributed by atoms with Crippen molar-refractivity contribution in [3.63, 3.8) is 0 Å². The second-order valence-electron chi connectivity index (χ2n) is 6.08. The van der Waals surface area contributed by atoms with E-state index in [9.17, 15) is 9.18 Å². The second kappa shape index (κ2) is 6.75. The van der Waals surface area contributed by atoms with Crippen molar-refractivity contribution in [1.29, 1.82) is 0 Å². The number of hydrogen-bond donors (Lipinski definition) is 1. The van der Waals surface area contributed by atoms with Crippen LogP contribution in [-0.4, -0.2) is 20.7 Å². The molecule has 0 saturated carbocycles. The highest BCUT2D eigenvalue weighted by Crippen LogP contribution is 2.29. The summed E-state index contributed by atoms with van der Waals surface area (Å²) in [6.07, 6.45) is 0. The highest BCUT2D eigenvalue weighted by molar-refractivity contribution is 7.22. The number of amides is 1. The SMILES string of the molecule is Cc1ccc2nc(NC(=O)c3c(C)nn(-c4ccc(F)cc4)c3Cl)sc2c1. The Hall–Kier alpha value is -2.77. The van der Waals surface area contributed by atoms with Crippen LogP contribution in [0.15, 0.2) is 42.5 Å². The molecule has 2 aromatic heterocycles. The van der Waals surface area contributed by atoms with E-state index in [1.165, 1.54) is 28.2 Å². The van der Waals surface area contributed by atoms with Gasteiger partial charge in [0.25, 0.3) is 5.91 Å². The van der Waals surface area contributed by atoms with Crippen molar-refractivity contribution < 1.29 is 9.18 Å². The molecule has 4 aromatic rings. The fraction of sp³-hybridized carbons (Fsp3) is 0.105. The van der Waals surface area contributed by atoms with Crippen molar-refractivity contribution in [3.05, 3.63) is 70.3 Å². The summed E-state index contributed by atoms with van der Waals surface area (Å²) in [5.41, 5.74) is 3.25. The van der Waals surface area contributed by atoms with Gasteiger partial charge in [-0.05, 0) is 55.8 Å². The number of aryl methyl sites for hydroxylation is 2. The van der Waals surface area contributed by atoms with E-state index >= 15 is 0 Å². The van der Waals surface area contributed by atoms with Gasteiger partial charge in [0.2, 0.25) is 0 Å². The van der Waals surface area contributed by atoms with Crippen LogP contribution >= 0.6 is 22.9 Å². The zero-order valence-electron chi connectivity index (χ0n) is 14.5. The molecule has 0 unspecified atom stereocenters. The maximum atomic E-state index is 13.1. The van der Waals surface area contributed by atoms with Crippen LogP contribution in [0.5, 0.6) is 0 Å². The molecule has 0 fully saturated rings. The van der Waals surface area contributed by atoms with E-state index in [0.29, 0.717) is 16.5 Å². The standard InChI is InChI=1S/C19H14ClFN4OS/c1-10-3-8-14-15(9-10)27-19(22-14)23-18(26)16-11(2)24-25(17(16)20)13-6-4-12(21)5-7-13/h3-9H,1-2H3,(H,22,23,26). The molecule has 0 spiro atoms. The summed E-state index contributed by atoms with van der Waals surface area (Å²) in [5, 5.41) is 7.76. The topological polar surface area (TPSA) is 59.8 Å². The third kappa shape index (κ3) is 3.31. The molecule has 1 amide bonds. The van der Waals surface area contributed by atoms with Crippen molar-refractivity contribution in [1.82, 2.24) is 14.8 Å². The maximum Gasteiger partial charge on any atom is 0.262 e. The predicted molar refractivity (Wildman–Crippen MR) is 106 cm³/mol. The van der Waals surface area contributed by atoms with Gasteiger partial charge in [-0.2, -0.15) is 5.10 Å². The molecule has 0 radical (unpaired) electrons. The van der Waals surface area contributed by atoms with Crippen LogP contribution in [0.1, 0.15) is 21.6 Å². The number of aromatic nitrogens is 3. The summed E-state index contributed by atoms with van der Waals surface area (Å²) in [4.78, 5) is 17.2. The molecular weight excluding hydrogens is 387 g/mol. The number of halogens is 2. The van der Waals surface area contributed by atoms with Gasteiger partial charge in [0.1, 0.15) is 16.5 Å². The van der Waals surface area contributed by atoms with Crippen LogP contribution in [0.2, 0.25) is 5.15 Å². The third-order valence-electron chi connectivity index (χ3n) is 4.07. The Morgan fingerprint density at radius 2 is 1.93 bits per heavy atom.